The van der Waals surface area contributed by atoms with Gasteiger partial charge >= 0.3 is 5.97 Å². The summed E-state index contributed by atoms with van der Waals surface area (Å²) < 4.78 is 11.7. The first-order chi connectivity index (χ1) is 17.4. The van der Waals surface area contributed by atoms with Crippen molar-refractivity contribution < 1.29 is 19.1 Å². The lowest BCUT2D eigenvalue weighted by atomic mass is 9.56. The van der Waals surface area contributed by atoms with Crippen LogP contribution in [0.3, 0.4) is 0 Å². The SMILES string of the molecule is COC1C[C@H](N(C)C(=O)c2ccccc2)CC2(c3cccc(OC(C)=O)c3)CCN(CC3CC3)CC12. The number of benzene rings is 2. The fourth-order valence-corrected chi connectivity index (χ4v) is 6.60. The van der Waals surface area contributed by atoms with Crippen LogP contribution >= 0.6 is 0 Å². The van der Waals surface area contributed by atoms with Crippen molar-refractivity contribution in [2.24, 2.45) is 11.8 Å². The number of carbonyl (C=O) groups excluding carboxylic acids is 2. The first-order valence-corrected chi connectivity index (χ1v) is 13.3. The molecule has 2 saturated carbocycles. The Balaban J connectivity index is 1.49. The van der Waals surface area contributed by atoms with Crippen molar-refractivity contribution in [3.63, 3.8) is 0 Å². The first-order valence-electron chi connectivity index (χ1n) is 13.3. The number of methoxy groups -OCH3 is 1. The van der Waals surface area contributed by atoms with E-state index >= 15 is 0 Å². The maximum atomic E-state index is 13.4. The van der Waals surface area contributed by atoms with E-state index < -0.39 is 0 Å². The van der Waals surface area contributed by atoms with Crippen molar-refractivity contribution >= 4 is 11.9 Å². The van der Waals surface area contributed by atoms with Gasteiger partial charge < -0.3 is 19.3 Å². The monoisotopic (exact) mass is 490 g/mol. The van der Waals surface area contributed by atoms with E-state index in [2.05, 4.69) is 11.0 Å². The van der Waals surface area contributed by atoms with Gasteiger partial charge in [-0.05, 0) is 74.4 Å². The summed E-state index contributed by atoms with van der Waals surface area (Å²) in [6.07, 6.45) is 5.41. The highest BCUT2D eigenvalue weighted by atomic mass is 16.5. The summed E-state index contributed by atoms with van der Waals surface area (Å²) in [5.41, 5.74) is 1.73. The van der Waals surface area contributed by atoms with Gasteiger partial charge in [0.15, 0.2) is 0 Å². The predicted octanol–water partition coefficient (Wildman–Crippen LogP) is 4.53. The van der Waals surface area contributed by atoms with Crippen LogP contribution in [0.5, 0.6) is 5.75 Å². The molecule has 2 aliphatic carbocycles. The first kappa shape index (κ1) is 25.0. The topological polar surface area (TPSA) is 59.1 Å². The van der Waals surface area contributed by atoms with Crippen molar-refractivity contribution in [3.05, 3.63) is 65.7 Å². The molecular weight excluding hydrogens is 452 g/mol. The third-order valence-electron chi connectivity index (χ3n) is 8.67. The van der Waals surface area contributed by atoms with Crippen LogP contribution in [0.15, 0.2) is 54.6 Å². The van der Waals surface area contributed by atoms with Gasteiger partial charge in [0.1, 0.15) is 5.75 Å². The number of hydrogen-bond acceptors (Lipinski definition) is 5. The van der Waals surface area contributed by atoms with E-state index in [9.17, 15) is 9.59 Å². The molecule has 0 radical (unpaired) electrons. The molecule has 4 atom stereocenters. The van der Waals surface area contributed by atoms with Crippen molar-refractivity contribution in [3.8, 4) is 5.75 Å². The summed E-state index contributed by atoms with van der Waals surface area (Å²) in [6, 6.07) is 17.6. The zero-order valence-corrected chi connectivity index (χ0v) is 21.7. The minimum absolute atomic E-state index is 0.0363. The summed E-state index contributed by atoms with van der Waals surface area (Å²) in [6.45, 7) is 4.64. The van der Waals surface area contributed by atoms with Crippen molar-refractivity contribution in [1.29, 1.82) is 0 Å². The Labute approximate surface area is 214 Å². The molecule has 5 rings (SSSR count). The lowest BCUT2D eigenvalue weighted by Gasteiger charge is -2.56. The molecule has 1 saturated heterocycles. The van der Waals surface area contributed by atoms with Gasteiger partial charge in [0.25, 0.3) is 5.91 Å². The average Bonchev–Trinajstić information content (AvgIpc) is 3.71. The molecule has 0 N–H and O–H groups in total. The smallest absolute Gasteiger partial charge is 0.308 e. The van der Waals surface area contributed by atoms with Crippen LogP contribution < -0.4 is 4.74 Å². The van der Waals surface area contributed by atoms with E-state index in [1.807, 2.05) is 67.6 Å². The Hall–Kier alpha value is -2.70. The van der Waals surface area contributed by atoms with Crippen molar-refractivity contribution in [2.45, 2.75) is 56.6 Å². The Morgan fingerprint density at radius 3 is 2.58 bits per heavy atom. The van der Waals surface area contributed by atoms with E-state index in [4.69, 9.17) is 9.47 Å². The molecule has 192 valence electrons. The number of amides is 1. The highest BCUT2D eigenvalue weighted by Crippen LogP contribution is 2.51. The number of esters is 1. The quantitative estimate of drug-likeness (QED) is 0.422. The Morgan fingerprint density at radius 1 is 1.11 bits per heavy atom. The van der Waals surface area contributed by atoms with Crippen LogP contribution in [0.4, 0.5) is 0 Å². The number of nitrogens with zero attached hydrogens (tertiary/aromatic N) is 2. The highest BCUT2D eigenvalue weighted by Gasteiger charge is 2.54. The van der Waals surface area contributed by atoms with Gasteiger partial charge in [-0.25, -0.2) is 0 Å². The molecule has 3 aliphatic rings. The third-order valence-corrected chi connectivity index (χ3v) is 8.67. The fourth-order valence-electron chi connectivity index (χ4n) is 6.60. The van der Waals surface area contributed by atoms with Crippen LogP contribution in [0.2, 0.25) is 0 Å². The number of hydrogen-bond donors (Lipinski definition) is 0. The lowest BCUT2D eigenvalue weighted by Crippen LogP contribution is -2.61. The van der Waals surface area contributed by atoms with Gasteiger partial charge in [0.2, 0.25) is 0 Å². The Bertz CT molecular complexity index is 1090. The van der Waals surface area contributed by atoms with E-state index in [-0.39, 0.29) is 29.4 Å². The lowest BCUT2D eigenvalue weighted by molar-refractivity contribution is -0.131. The molecule has 0 bridgehead atoms. The van der Waals surface area contributed by atoms with Gasteiger partial charge in [-0.15, -0.1) is 0 Å². The molecule has 2 aromatic carbocycles. The maximum Gasteiger partial charge on any atom is 0.308 e. The van der Waals surface area contributed by atoms with Crippen LogP contribution in [-0.4, -0.2) is 67.6 Å². The van der Waals surface area contributed by atoms with Crippen molar-refractivity contribution in [2.75, 3.05) is 33.8 Å². The highest BCUT2D eigenvalue weighted by molar-refractivity contribution is 5.94. The van der Waals surface area contributed by atoms with E-state index in [0.717, 1.165) is 38.3 Å². The molecule has 0 aromatic heterocycles. The second-order valence-corrected chi connectivity index (χ2v) is 11.0. The summed E-state index contributed by atoms with van der Waals surface area (Å²) >= 11 is 0. The minimum Gasteiger partial charge on any atom is -0.427 e. The summed E-state index contributed by atoms with van der Waals surface area (Å²) in [7, 11) is 3.74. The number of ether oxygens (including phenoxy) is 2. The molecule has 1 aliphatic heterocycles. The van der Waals surface area contributed by atoms with E-state index in [1.165, 1.54) is 31.9 Å². The average molecular weight is 491 g/mol. The zero-order chi connectivity index (χ0) is 25.3. The molecular formula is C30H38N2O4. The third kappa shape index (κ3) is 5.07. The van der Waals surface area contributed by atoms with Gasteiger partial charge in [-0.2, -0.15) is 0 Å². The molecule has 6 nitrogen and oxygen atoms in total. The molecule has 1 heterocycles. The van der Waals surface area contributed by atoms with Gasteiger partial charge in [-0.1, -0.05) is 30.3 Å². The van der Waals surface area contributed by atoms with E-state index in [1.54, 1.807) is 0 Å². The minimum atomic E-state index is -0.315. The largest absolute Gasteiger partial charge is 0.427 e. The van der Waals surface area contributed by atoms with Crippen LogP contribution in [0.1, 0.15) is 54.9 Å². The maximum absolute atomic E-state index is 13.4. The van der Waals surface area contributed by atoms with Gasteiger partial charge in [0, 0.05) is 57.1 Å². The Kier molecular flexibility index (Phi) is 7.18. The van der Waals surface area contributed by atoms with Crippen LogP contribution in [0, 0.1) is 11.8 Å². The molecule has 3 fully saturated rings. The number of likely N-dealkylation sites (tertiary alicyclic amines) is 1. The second kappa shape index (κ2) is 10.3. The van der Waals surface area contributed by atoms with Gasteiger partial charge in [0.05, 0.1) is 6.10 Å². The zero-order valence-electron chi connectivity index (χ0n) is 21.7. The molecule has 1 amide bonds. The normalized spacial score (nSPS) is 28.2. The molecule has 6 heteroatoms. The van der Waals surface area contributed by atoms with Crippen LogP contribution in [0.25, 0.3) is 0 Å². The fraction of sp³-hybridized carbons (Fsp3) is 0.533. The standard InChI is InChI=1S/C30H38N2O4/c1-21(33)36-26-11-7-10-24(16-26)30-14-15-32(19-22-12-13-22)20-27(30)28(35-3)17-25(18-30)31(2)29(34)23-8-5-4-6-9-23/h4-11,16,22,25,27-28H,12-15,17-20H2,1-3H3/t25-,27?,28?,30?/m0/s1. The number of fused-ring (bicyclic) bond motifs is 1. The molecule has 0 spiro atoms. The molecule has 2 aromatic rings. The Morgan fingerprint density at radius 2 is 1.89 bits per heavy atom. The number of carbonyl (C=O) groups is 2. The van der Waals surface area contributed by atoms with Gasteiger partial charge in [-0.3, -0.25) is 9.59 Å². The van der Waals surface area contributed by atoms with E-state index in [0.29, 0.717) is 17.2 Å². The summed E-state index contributed by atoms with van der Waals surface area (Å²) in [4.78, 5) is 29.7. The van der Waals surface area contributed by atoms with Crippen LogP contribution in [-0.2, 0) is 14.9 Å². The predicted molar refractivity (Wildman–Crippen MR) is 139 cm³/mol. The number of piperidine rings is 1. The molecule has 3 unspecified atom stereocenters. The summed E-state index contributed by atoms with van der Waals surface area (Å²) in [5.74, 6) is 1.46. The van der Waals surface area contributed by atoms with Crippen molar-refractivity contribution in [1.82, 2.24) is 9.80 Å². The molecule has 36 heavy (non-hydrogen) atoms. The second-order valence-electron chi connectivity index (χ2n) is 11.0. The number of rotatable bonds is 7. The summed E-state index contributed by atoms with van der Waals surface area (Å²) in [5, 5.41) is 0.